The lowest BCUT2D eigenvalue weighted by molar-refractivity contribution is -0.139. The molecule has 7 heteroatoms. The molecule has 1 aromatic heterocycles. The van der Waals surface area contributed by atoms with E-state index < -0.39 is 17.9 Å². The van der Waals surface area contributed by atoms with Gasteiger partial charge < -0.3 is 20.1 Å². The number of nitrogens with one attached hydrogen (secondary N) is 1. The number of amides is 1. The number of aliphatic hydroxyl groups is 1. The molecule has 0 aliphatic rings. The molecule has 1 heterocycles. The quantitative estimate of drug-likeness (QED) is 0.629. The van der Waals surface area contributed by atoms with E-state index in [1.807, 2.05) is 0 Å². The first-order chi connectivity index (χ1) is 7.54. The van der Waals surface area contributed by atoms with Crippen molar-refractivity contribution in [1.82, 2.24) is 10.5 Å². The van der Waals surface area contributed by atoms with Crippen molar-refractivity contribution in [2.45, 2.75) is 19.4 Å². The van der Waals surface area contributed by atoms with Gasteiger partial charge in [-0.15, -0.1) is 0 Å². The molecule has 0 aliphatic carbocycles. The molecule has 3 N–H and O–H groups in total. The van der Waals surface area contributed by atoms with Gasteiger partial charge in [0.15, 0.2) is 0 Å². The van der Waals surface area contributed by atoms with Crippen molar-refractivity contribution in [3.8, 4) is 0 Å². The topological polar surface area (TPSA) is 113 Å². The van der Waals surface area contributed by atoms with Gasteiger partial charge in [0.1, 0.15) is 6.04 Å². The largest absolute Gasteiger partial charge is 0.480 e. The highest BCUT2D eigenvalue weighted by Crippen LogP contribution is 2.03. The van der Waals surface area contributed by atoms with E-state index >= 15 is 0 Å². The molecule has 1 amide bonds. The van der Waals surface area contributed by atoms with E-state index in [2.05, 4.69) is 15.0 Å². The van der Waals surface area contributed by atoms with E-state index in [0.29, 0.717) is 5.69 Å². The van der Waals surface area contributed by atoms with Crippen molar-refractivity contribution in [2.75, 3.05) is 6.61 Å². The van der Waals surface area contributed by atoms with Crippen LogP contribution in [0.4, 0.5) is 0 Å². The van der Waals surface area contributed by atoms with Crippen LogP contribution in [0.5, 0.6) is 0 Å². The van der Waals surface area contributed by atoms with Crippen LogP contribution >= 0.6 is 0 Å². The number of aliphatic hydroxyl groups excluding tert-OH is 1. The fourth-order valence-corrected chi connectivity index (χ4v) is 1.09. The Morgan fingerprint density at radius 1 is 1.62 bits per heavy atom. The number of carbonyl (C=O) groups is 2. The number of carboxylic acids is 1. The molecule has 88 valence electrons. The molecule has 0 aliphatic heterocycles. The molecule has 1 atom stereocenters. The Morgan fingerprint density at radius 3 is 2.75 bits per heavy atom. The molecule has 0 radical (unpaired) electrons. The Morgan fingerprint density at radius 2 is 2.31 bits per heavy atom. The van der Waals surface area contributed by atoms with Crippen LogP contribution in [-0.4, -0.2) is 39.9 Å². The standard InChI is InChI=1S/C9H12N2O5/c1-5-4-7(16-11-5)8(13)10-6(2-3-12)9(14)15/h4,6,12H,2-3H2,1H3,(H,10,13)(H,14,15)/t6-/m1/s1. The Hall–Kier alpha value is -1.89. The van der Waals surface area contributed by atoms with Crippen molar-refractivity contribution in [1.29, 1.82) is 0 Å². The fourth-order valence-electron chi connectivity index (χ4n) is 1.09. The van der Waals surface area contributed by atoms with Crippen LogP contribution in [0.25, 0.3) is 0 Å². The maximum absolute atomic E-state index is 11.5. The average Bonchev–Trinajstić information content (AvgIpc) is 2.64. The van der Waals surface area contributed by atoms with Gasteiger partial charge in [0, 0.05) is 19.1 Å². The summed E-state index contributed by atoms with van der Waals surface area (Å²) in [6.07, 6.45) is -0.0613. The molecule has 0 bridgehead atoms. The number of carboxylic acid groups (broad SMARTS) is 1. The first kappa shape index (κ1) is 12.2. The summed E-state index contributed by atoms with van der Waals surface area (Å²) in [6, 6.07) is 0.260. The summed E-state index contributed by atoms with van der Waals surface area (Å²) in [6.45, 7) is 1.31. The van der Waals surface area contributed by atoms with E-state index in [1.165, 1.54) is 6.07 Å². The number of aliphatic carboxylic acids is 1. The molecule has 0 saturated carbocycles. The summed E-state index contributed by atoms with van der Waals surface area (Å²) >= 11 is 0. The van der Waals surface area contributed by atoms with Crippen LogP contribution in [-0.2, 0) is 4.79 Å². The number of aromatic nitrogens is 1. The van der Waals surface area contributed by atoms with Gasteiger partial charge in [0.05, 0.1) is 5.69 Å². The van der Waals surface area contributed by atoms with Crippen LogP contribution in [0.1, 0.15) is 22.7 Å². The fraction of sp³-hybridized carbons (Fsp3) is 0.444. The third-order valence-electron chi connectivity index (χ3n) is 1.87. The van der Waals surface area contributed by atoms with Crippen molar-refractivity contribution >= 4 is 11.9 Å². The summed E-state index contributed by atoms with van der Waals surface area (Å²) in [4.78, 5) is 22.1. The van der Waals surface area contributed by atoms with Gasteiger partial charge in [0.25, 0.3) is 5.91 Å². The van der Waals surface area contributed by atoms with Crippen LogP contribution in [0, 0.1) is 6.92 Å². The predicted molar refractivity (Wildman–Crippen MR) is 51.8 cm³/mol. The van der Waals surface area contributed by atoms with Crippen LogP contribution in [0.2, 0.25) is 0 Å². The summed E-state index contributed by atoms with van der Waals surface area (Å²) in [7, 11) is 0. The lowest BCUT2D eigenvalue weighted by Crippen LogP contribution is -2.41. The van der Waals surface area contributed by atoms with Crippen LogP contribution in [0.3, 0.4) is 0 Å². The lowest BCUT2D eigenvalue weighted by Gasteiger charge is -2.11. The van der Waals surface area contributed by atoms with Gasteiger partial charge in [-0.1, -0.05) is 5.16 Å². The smallest absolute Gasteiger partial charge is 0.326 e. The van der Waals surface area contributed by atoms with Crippen molar-refractivity contribution in [3.63, 3.8) is 0 Å². The van der Waals surface area contributed by atoms with Crippen molar-refractivity contribution < 1.29 is 24.3 Å². The predicted octanol–water partition coefficient (Wildman–Crippen LogP) is -0.452. The first-order valence-electron chi connectivity index (χ1n) is 4.62. The van der Waals surface area contributed by atoms with Crippen LogP contribution < -0.4 is 5.32 Å². The average molecular weight is 228 g/mol. The summed E-state index contributed by atoms with van der Waals surface area (Å²) in [5.41, 5.74) is 0.527. The molecular weight excluding hydrogens is 216 g/mol. The van der Waals surface area contributed by atoms with E-state index in [-0.39, 0.29) is 18.8 Å². The molecule has 0 aromatic carbocycles. The first-order valence-corrected chi connectivity index (χ1v) is 4.62. The number of rotatable bonds is 5. The van der Waals surface area contributed by atoms with Gasteiger partial charge in [-0.3, -0.25) is 4.79 Å². The normalized spacial score (nSPS) is 12.1. The van der Waals surface area contributed by atoms with E-state index in [0.717, 1.165) is 0 Å². The highest BCUT2D eigenvalue weighted by molar-refractivity contribution is 5.94. The molecule has 0 fully saturated rings. The molecule has 0 spiro atoms. The Kier molecular flexibility index (Phi) is 4.01. The Bertz CT molecular complexity index is 387. The van der Waals surface area contributed by atoms with Crippen molar-refractivity contribution in [3.05, 3.63) is 17.5 Å². The molecule has 0 unspecified atom stereocenters. The number of nitrogens with zero attached hydrogens (tertiary/aromatic N) is 1. The molecule has 1 rings (SSSR count). The van der Waals surface area contributed by atoms with E-state index in [1.54, 1.807) is 6.92 Å². The summed E-state index contributed by atoms with van der Waals surface area (Å²) in [5.74, 6) is -1.93. The number of hydrogen-bond donors (Lipinski definition) is 3. The second-order valence-electron chi connectivity index (χ2n) is 3.21. The second kappa shape index (κ2) is 5.26. The van der Waals surface area contributed by atoms with Gasteiger partial charge in [0.2, 0.25) is 5.76 Å². The third kappa shape index (κ3) is 3.06. The highest BCUT2D eigenvalue weighted by Gasteiger charge is 2.21. The summed E-state index contributed by atoms with van der Waals surface area (Å²) < 4.78 is 4.67. The maximum Gasteiger partial charge on any atom is 0.326 e. The molecule has 0 saturated heterocycles. The minimum Gasteiger partial charge on any atom is -0.480 e. The highest BCUT2D eigenvalue weighted by atomic mass is 16.5. The van der Waals surface area contributed by atoms with Gasteiger partial charge in [-0.25, -0.2) is 4.79 Å². The monoisotopic (exact) mass is 228 g/mol. The lowest BCUT2D eigenvalue weighted by atomic mass is 10.2. The zero-order valence-corrected chi connectivity index (χ0v) is 8.64. The SMILES string of the molecule is Cc1cc(C(=O)N[C@H](CCO)C(=O)O)on1. The summed E-state index contributed by atoms with van der Waals surface area (Å²) in [5, 5.41) is 23.1. The van der Waals surface area contributed by atoms with Gasteiger partial charge >= 0.3 is 5.97 Å². The van der Waals surface area contributed by atoms with E-state index in [9.17, 15) is 9.59 Å². The third-order valence-corrected chi connectivity index (χ3v) is 1.87. The second-order valence-corrected chi connectivity index (χ2v) is 3.21. The maximum atomic E-state index is 11.5. The number of hydrogen-bond acceptors (Lipinski definition) is 5. The molecule has 7 nitrogen and oxygen atoms in total. The van der Waals surface area contributed by atoms with E-state index in [4.69, 9.17) is 10.2 Å². The van der Waals surface area contributed by atoms with Gasteiger partial charge in [-0.2, -0.15) is 0 Å². The molecule has 1 aromatic rings. The van der Waals surface area contributed by atoms with Crippen LogP contribution in [0.15, 0.2) is 10.6 Å². The van der Waals surface area contributed by atoms with Crippen molar-refractivity contribution in [2.24, 2.45) is 0 Å². The van der Waals surface area contributed by atoms with Gasteiger partial charge in [-0.05, 0) is 6.92 Å². The Labute approximate surface area is 91.0 Å². The number of aryl methyl sites for hydroxylation is 1. The minimum absolute atomic E-state index is 0.0540. The zero-order chi connectivity index (χ0) is 12.1. The Balaban J connectivity index is 2.65. The zero-order valence-electron chi connectivity index (χ0n) is 8.64. The molecule has 16 heavy (non-hydrogen) atoms. The molecular formula is C9H12N2O5. The minimum atomic E-state index is -1.21. The number of carbonyl (C=O) groups excluding carboxylic acids is 1.